The molecule has 0 heterocycles. The second-order valence-corrected chi connectivity index (χ2v) is 12.8. The van der Waals surface area contributed by atoms with Crippen LogP contribution in [0, 0.1) is 0 Å². The number of aliphatic hydroxyl groups is 2. The molecule has 0 fully saturated rings. The molecule has 1 aromatic rings. The molecule has 11 heteroatoms. The summed E-state index contributed by atoms with van der Waals surface area (Å²) in [5, 5.41) is 22.5. The van der Waals surface area contributed by atoms with E-state index < -0.39 is 49.3 Å². The number of benzene rings is 1. The smallest absolute Gasteiger partial charge is 0.364 e. The lowest BCUT2D eigenvalue weighted by Crippen LogP contribution is -2.56. The van der Waals surface area contributed by atoms with Gasteiger partial charge in [-0.3, -0.25) is 4.79 Å². The molecule has 0 saturated carbocycles. The van der Waals surface area contributed by atoms with E-state index in [0.717, 1.165) is 0 Å². The lowest BCUT2D eigenvalue weighted by atomic mass is 9.94. The fourth-order valence-corrected chi connectivity index (χ4v) is 2.99. The molecule has 2 N–H and O–H groups in total. The molecule has 1 aromatic carbocycles. The summed E-state index contributed by atoms with van der Waals surface area (Å²) in [6.45, 7) is 8.31. The van der Waals surface area contributed by atoms with Crippen molar-refractivity contribution in [3.63, 3.8) is 0 Å². The highest BCUT2D eigenvalue weighted by Crippen LogP contribution is 2.39. The van der Waals surface area contributed by atoms with Crippen molar-refractivity contribution < 1.29 is 33.0 Å². The maximum atomic E-state index is 14.8. The number of nitrogens with zero attached hydrogens (tertiary/aromatic N) is 3. The molecular weight excluding hydrogens is 404 g/mol. The molecule has 2 unspecified atom stereocenters. The molecule has 3 atom stereocenters. The standard InChI is InChI=1S/C18H25F2N3O5Si/c1-17(2,3)29(4,5)28-16(27)18(19,20)15(22-23-21)14(26)13(25)12(24)11-9-7-6-8-10-11/h6-10,13-15,25-26H,1-5H3/t13?,14-,15?/m1/s1. The van der Waals surface area contributed by atoms with Gasteiger partial charge in [-0.05, 0) is 23.7 Å². The van der Waals surface area contributed by atoms with Crippen LogP contribution in [-0.4, -0.2) is 54.5 Å². The number of ketones is 1. The molecule has 0 aliphatic rings. The first-order chi connectivity index (χ1) is 13.2. The molecule has 0 aliphatic heterocycles. The van der Waals surface area contributed by atoms with Crippen LogP contribution < -0.4 is 0 Å². The largest absolute Gasteiger partial charge is 0.515 e. The number of hydrogen-bond acceptors (Lipinski definition) is 6. The Bertz CT molecular complexity index is 792. The SMILES string of the molecule is CC(C)(C)[Si](C)(C)OC(=O)C(F)(F)C(N=[N+]=[N-])[C@H](O)C(O)C(=O)c1ccccc1. The van der Waals surface area contributed by atoms with Crippen LogP contribution in [0.15, 0.2) is 35.4 Å². The minimum atomic E-state index is -4.47. The summed E-state index contributed by atoms with van der Waals surface area (Å²) in [5.41, 5.74) is 8.58. The van der Waals surface area contributed by atoms with Crippen molar-refractivity contribution in [2.24, 2.45) is 5.11 Å². The van der Waals surface area contributed by atoms with Gasteiger partial charge in [0.15, 0.2) is 5.78 Å². The Morgan fingerprint density at radius 1 is 1.17 bits per heavy atom. The zero-order chi connectivity index (χ0) is 22.6. The molecule has 0 spiro atoms. The fraction of sp³-hybridized carbons (Fsp3) is 0.556. The number of aliphatic hydroxyl groups excluding tert-OH is 2. The monoisotopic (exact) mass is 429 g/mol. The lowest BCUT2D eigenvalue weighted by molar-refractivity contribution is -0.172. The average molecular weight is 429 g/mol. The van der Waals surface area contributed by atoms with Crippen LogP contribution in [0.2, 0.25) is 18.1 Å². The fourth-order valence-electron chi connectivity index (χ4n) is 2.09. The molecule has 160 valence electrons. The number of alkyl halides is 2. The zero-order valence-electron chi connectivity index (χ0n) is 16.8. The van der Waals surface area contributed by atoms with Gasteiger partial charge in [0.25, 0.3) is 8.32 Å². The quantitative estimate of drug-likeness (QED) is 0.215. The summed E-state index contributed by atoms with van der Waals surface area (Å²) >= 11 is 0. The maximum absolute atomic E-state index is 14.8. The number of rotatable bonds is 8. The summed E-state index contributed by atoms with van der Waals surface area (Å²) in [7, 11) is -2.96. The van der Waals surface area contributed by atoms with Crippen LogP contribution >= 0.6 is 0 Å². The van der Waals surface area contributed by atoms with Crippen LogP contribution in [0.4, 0.5) is 8.78 Å². The maximum Gasteiger partial charge on any atom is 0.364 e. The normalized spacial score (nSPS) is 15.6. The highest BCUT2D eigenvalue weighted by atomic mass is 28.4. The summed E-state index contributed by atoms with van der Waals surface area (Å²) in [6.07, 6.45) is -4.89. The van der Waals surface area contributed by atoms with Crippen LogP contribution in [0.25, 0.3) is 10.4 Å². The number of Topliss-reactive ketones (excluding diaryl/α,β-unsaturated/α-hetero) is 1. The van der Waals surface area contributed by atoms with Crippen molar-refractivity contribution in [1.29, 1.82) is 0 Å². The molecule has 0 aromatic heterocycles. The Kier molecular flexibility index (Phi) is 7.66. The van der Waals surface area contributed by atoms with Gasteiger partial charge in [0, 0.05) is 10.5 Å². The van der Waals surface area contributed by atoms with Gasteiger partial charge in [-0.15, -0.1) is 0 Å². The Morgan fingerprint density at radius 2 is 1.69 bits per heavy atom. The highest BCUT2D eigenvalue weighted by molar-refractivity contribution is 6.75. The molecule has 0 saturated heterocycles. The van der Waals surface area contributed by atoms with E-state index in [1.54, 1.807) is 39.9 Å². The number of carbonyl (C=O) groups is 2. The first kappa shape index (κ1) is 24.7. The lowest BCUT2D eigenvalue weighted by Gasteiger charge is -2.37. The molecule has 8 nitrogen and oxygen atoms in total. The van der Waals surface area contributed by atoms with E-state index >= 15 is 0 Å². The summed E-state index contributed by atoms with van der Waals surface area (Å²) < 4.78 is 34.6. The molecule has 1 rings (SSSR count). The minimum Gasteiger partial charge on any atom is -0.515 e. The van der Waals surface area contributed by atoms with E-state index in [1.807, 2.05) is 0 Å². The topological polar surface area (TPSA) is 133 Å². The van der Waals surface area contributed by atoms with Crippen molar-refractivity contribution in [3.05, 3.63) is 46.3 Å². The number of hydrogen-bond donors (Lipinski definition) is 2. The van der Waals surface area contributed by atoms with E-state index in [4.69, 9.17) is 9.96 Å². The molecule has 0 aliphatic carbocycles. The Labute approximate surface area is 168 Å². The predicted molar refractivity (Wildman–Crippen MR) is 104 cm³/mol. The van der Waals surface area contributed by atoms with Crippen molar-refractivity contribution in [3.8, 4) is 0 Å². The van der Waals surface area contributed by atoms with Gasteiger partial charge >= 0.3 is 11.9 Å². The van der Waals surface area contributed by atoms with Gasteiger partial charge < -0.3 is 14.6 Å². The third kappa shape index (κ3) is 5.60. The van der Waals surface area contributed by atoms with E-state index in [2.05, 4.69) is 10.0 Å². The van der Waals surface area contributed by atoms with Crippen LogP contribution in [0.1, 0.15) is 31.1 Å². The third-order valence-corrected chi connectivity index (χ3v) is 9.26. The van der Waals surface area contributed by atoms with Gasteiger partial charge in [-0.2, -0.15) is 8.78 Å². The first-order valence-electron chi connectivity index (χ1n) is 8.77. The van der Waals surface area contributed by atoms with Crippen LogP contribution in [0.3, 0.4) is 0 Å². The van der Waals surface area contributed by atoms with Gasteiger partial charge in [0.2, 0.25) is 0 Å². The second kappa shape index (κ2) is 9.00. The van der Waals surface area contributed by atoms with Gasteiger partial charge in [-0.25, -0.2) is 4.79 Å². The van der Waals surface area contributed by atoms with Gasteiger partial charge in [0.05, 0.1) is 0 Å². The van der Waals surface area contributed by atoms with Crippen LogP contribution in [-0.2, 0) is 9.22 Å². The predicted octanol–water partition coefficient (Wildman–Crippen LogP) is 3.45. The van der Waals surface area contributed by atoms with Gasteiger partial charge in [-0.1, -0.05) is 56.2 Å². The number of azide groups is 1. The van der Waals surface area contributed by atoms with E-state index in [0.29, 0.717) is 0 Å². The molecule has 0 amide bonds. The summed E-state index contributed by atoms with van der Waals surface area (Å²) in [4.78, 5) is 26.7. The Hall–Kier alpha value is -2.33. The van der Waals surface area contributed by atoms with E-state index in [-0.39, 0.29) is 5.56 Å². The third-order valence-electron chi connectivity index (χ3n) is 4.95. The minimum absolute atomic E-state index is 0.0501. The Balaban J connectivity index is 3.17. The second-order valence-electron chi connectivity index (χ2n) is 8.09. The van der Waals surface area contributed by atoms with Crippen LogP contribution in [0.5, 0.6) is 0 Å². The molecule has 0 radical (unpaired) electrons. The van der Waals surface area contributed by atoms with E-state index in [1.165, 1.54) is 24.3 Å². The number of halogens is 2. The van der Waals surface area contributed by atoms with Crippen molar-refractivity contribution in [2.45, 2.75) is 63.1 Å². The van der Waals surface area contributed by atoms with Crippen molar-refractivity contribution in [2.75, 3.05) is 0 Å². The van der Waals surface area contributed by atoms with Crippen molar-refractivity contribution >= 4 is 20.1 Å². The van der Waals surface area contributed by atoms with Crippen molar-refractivity contribution in [1.82, 2.24) is 0 Å². The number of carbonyl (C=O) groups excluding carboxylic acids is 2. The molecule has 29 heavy (non-hydrogen) atoms. The first-order valence-corrected chi connectivity index (χ1v) is 11.7. The van der Waals surface area contributed by atoms with E-state index in [9.17, 15) is 28.6 Å². The zero-order valence-corrected chi connectivity index (χ0v) is 17.8. The highest BCUT2D eigenvalue weighted by Gasteiger charge is 2.56. The summed E-state index contributed by atoms with van der Waals surface area (Å²) in [6, 6.07) is 4.42. The molecular formula is C18H25F2N3O5Si. The Morgan fingerprint density at radius 3 is 2.14 bits per heavy atom. The average Bonchev–Trinajstić information content (AvgIpc) is 2.63. The molecule has 0 bridgehead atoms. The van der Waals surface area contributed by atoms with Gasteiger partial charge in [0.1, 0.15) is 18.2 Å². The summed E-state index contributed by atoms with van der Waals surface area (Å²) in [5.74, 6) is -7.52.